The number of primary amides is 1. The molecule has 0 spiro atoms. The second kappa shape index (κ2) is 5.95. The van der Waals surface area contributed by atoms with Gasteiger partial charge >= 0.3 is 0 Å². The average Bonchev–Trinajstić information content (AvgIpc) is 3.06. The molecule has 1 aromatic carbocycles. The number of aromatic nitrogens is 2. The maximum absolute atomic E-state index is 11.8. The highest BCUT2D eigenvalue weighted by molar-refractivity contribution is 7.19. The summed E-state index contributed by atoms with van der Waals surface area (Å²) in [4.78, 5) is 25.4. The summed E-state index contributed by atoms with van der Waals surface area (Å²) in [6, 6.07) is 7.70. The summed E-state index contributed by atoms with van der Waals surface area (Å²) < 4.78 is 5.79. The lowest BCUT2D eigenvalue weighted by Gasteiger charge is -2.34. The van der Waals surface area contributed by atoms with E-state index in [0.717, 1.165) is 34.6 Å². The molecule has 0 bridgehead atoms. The number of ether oxygens (including phenoxy) is 1. The normalized spacial score (nSPS) is 18.9. The third kappa shape index (κ3) is 2.34. The average molecular weight is 366 g/mol. The first-order valence-electron chi connectivity index (χ1n) is 8.80. The van der Waals surface area contributed by atoms with Crippen LogP contribution in [0, 0.1) is 0 Å². The van der Waals surface area contributed by atoms with E-state index in [9.17, 15) is 4.79 Å². The van der Waals surface area contributed by atoms with Gasteiger partial charge in [0.05, 0.1) is 17.6 Å². The molecule has 0 saturated carbocycles. The van der Waals surface area contributed by atoms with Crippen molar-refractivity contribution in [2.24, 2.45) is 5.73 Å². The van der Waals surface area contributed by atoms with Crippen LogP contribution in [0.5, 0.6) is 5.75 Å². The van der Waals surface area contributed by atoms with E-state index in [2.05, 4.69) is 14.9 Å². The predicted molar refractivity (Wildman–Crippen MR) is 101 cm³/mol. The van der Waals surface area contributed by atoms with Gasteiger partial charge in [-0.2, -0.15) is 0 Å². The molecule has 132 valence electrons. The number of aryl methyl sites for hydroxylation is 2. The molecule has 7 heteroatoms. The van der Waals surface area contributed by atoms with E-state index in [1.165, 1.54) is 23.3 Å². The van der Waals surface area contributed by atoms with Crippen LogP contribution >= 0.6 is 11.3 Å². The second-order valence-electron chi connectivity index (χ2n) is 6.68. The summed E-state index contributed by atoms with van der Waals surface area (Å²) in [6.45, 7) is 0.350. The number of carbonyl (C=O) groups is 1. The van der Waals surface area contributed by atoms with Crippen molar-refractivity contribution in [3.05, 3.63) is 41.0 Å². The van der Waals surface area contributed by atoms with Gasteiger partial charge in [0, 0.05) is 4.88 Å². The van der Waals surface area contributed by atoms with Crippen molar-refractivity contribution in [1.29, 1.82) is 0 Å². The zero-order chi connectivity index (χ0) is 17.7. The summed E-state index contributed by atoms with van der Waals surface area (Å²) in [7, 11) is 0. The maximum Gasteiger partial charge on any atom is 0.260 e. The van der Waals surface area contributed by atoms with E-state index < -0.39 is 12.0 Å². The quantitative estimate of drug-likeness (QED) is 0.754. The fourth-order valence-electron chi connectivity index (χ4n) is 3.86. The number of thiophene rings is 1. The Kier molecular flexibility index (Phi) is 3.56. The Bertz CT molecular complexity index is 1020. The molecule has 0 radical (unpaired) electrons. The van der Waals surface area contributed by atoms with Gasteiger partial charge in [0.25, 0.3) is 5.91 Å². The minimum atomic E-state index is -0.704. The Balaban J connectivity index is 1.72. The molecule has 1 aliphatic heterocycles. The van der Waals surface area contributed by atoms with Crippen molar-refractivity contribution in [1.82, 2.24) is 9.97 Å². The van der Waals surface area contributed by atoms with Gasteiger partial charge in [0.1, 0.15) is 22.7 Å². The van der Waals surface area contributed by atoms with Gasteiger partial charge in [0.15, 0.2) is 6.10 Å². The molecule has 0 saturated heterocycles. The van der Waals surface area contributed by atoms with Gasteiger partial charge in [-0.1, -0.05) is 12.1 Å². The van der Waals surface area contributed by atoms with E-state index in [0.29, 0.717) is 12.3 Å². The van der Waals surface area contributed by atoms with Crippen molar-refractivity contribution < 1.29 is 9.53 Å². The minimum Gasteiger partial charge on any atom is -0.477 e. The summed E-state index contributed by atoms with van der Waals surface area (Å²) in [5.41, 5.74) is 7.82. The first-order valence-corrected chi connectivity index (χ1v) is 9.62. The number of fused-ring (bicyclic) bond motifs is 4. The molecule has 3 heterocycles. The Labute approximate surface area is 154 Å². The first kappa shape index (κ1) is 15.6. The van der Waals surface area contributed by atoms with Crippen LogP contribution in [0.15, 0.2) is 30.6 Å². The highest BCUT2D eigenvalue weighted by Crippen LogP contribution is 2.44. The lowest BCUT2D eigenvalue weighted by atomic mass is 9.96. The van der Waals surface area contributed by atoms with E-state index in [4.69, 9.17) is 10.5 Å². The maximum atomic E-state index is 11.8. The highest BCUT2D eigenvalue weighted by atomic mass is 32.1. The number of para-hydroxylation sites is 2. The zero-order valence-electron chi connectivity index (χ0n) is 14.1. The summed E-state index contributed by atoms with van der Waals surface area (Å²) in [5.74, 6) is 1.02. The van der Waals surface area contributed by atoms with Gasteiger partial charge in [-0.3, -0.25) is 4.79 Å². The van der Waals surface area contributed by atoms with Crippen molar-refractivity contribution in [2.75, 3.05) is 11.4 Å². The van der Waals surface area contributed by atoms with Crippen LogP contribution in [0.1, 0.15) is 23.3 Å². The van der Waals surface area contributed by atoms with Crippen LogP contribution in [0.2, 0.25) is 0 Å². The van der Waals surface area contributed by atoms with Crippen LogP contribution in [0.3, 0.4) is 0 Å². The lowest BCUT2D eigenvalue weighted by molar-refractivity contribution is -0.124. The van der Waals surface area contributed by atoms with Crippen LogP contribution in [-0.4, -0.2) is 28.5 Å². The van der Waals surface area contributed by atoms with Gasteiger partial charge in [-0.05, 0) is 43.4 Å². The molecular formula is C19H18N4O2S. The molecule has 6 nitrogen and oxygen atoms in total. The monoisotopic (exact) mass is 366 g/mol. The lowest BCUT2D eigenvalue weighted by Crippen LogP contribution is -2.45. The third-order valence-electron chi connectivity index (χ3n) is 5.08. The number of anilines is 2. The largest absolute Gasteiger partial charge is 0.477 e. The number of nitrogens with zero attached hydrogens (tertiary/aromatic N) is 3. The molecule has 0 unspecified atom stereocenters. The Morgan fingerprint density at radius 1 is 1.23 bits per heavy atom. The standard InChI is InChI=1S/C19H18N4O2S/c20-17(24)14-9-23(12-6-2-3-7-13(12)25-14)18-16-11-5-1-4-8-15(11)26-19(16)22-10-21-18/h2-3,6-7,10,14H,1,4-5,8-9H2,(H2,20,24)/t14-/m0/s1. The van der Waals surface area contributed by atoms with Gasteiger partial charge in [0.2, 0.25) is 0 Å². The molecule has 1 aliphatic carbocycles. The molecule has 2 N–H and O–H groups in total. The number of hydrogen-bond acceptors (Lipinski definition) is 6. The zero-order valence-corrected chi connectivity index (χ0v) is 15.0. The predicted octanol–water partition coefficient (Wildman–Crippen LogP) is 2.95. The molecule has 0 fully saturated rings. The summed E-state index contributed by atoms with van der Waals surface area (Å²) in [6.07, 6.45) is 5.49. The number of carbonyl (C=O) groups excluding carboxylic acids is 1. The summed E-state index contributed by atoms with van der Waals surface area (Å²) >= 11 is 1.77. The number of amides is 1. The number of hydrogen-bond donors (Lipinski definition) is 1. The molecule has 26 heavy (non-hydrogen) atoms. The molecule has 2 aliphatic rings. The minimum absolute atomic E-state index is 0.350. The van der Waals surface area contributed by atoms with E-state index in [-0.39, 0.29) is 0 Å². The van der Waals surface area contributed by atoms with Gasteiger partial charge in [-0.25, -0.2) is 9.97 Å². The fourth-order valence-corrected chi connectivity index (χ4v) is 5.08. The number of rotatable bonds is 2. The molecular weight excluding hydrogens is 348 g/mol. The number of benzene rings is 1. The highest BCUT2D eigenvalue weighted by Gasteiger charge is 2.32. The van der Waals surface area contributed by atoms with Crippen molar-refractivity contribution in [2.45, 2.75) is 31.8 Å². The molecule has 1 amide bonds. The SMILES string of the molecule is NC(=O)[C@@H]1CN(c2ncnc3sc4c(c23)CCCC4)c2ccccc2O1. The van der Waals surface area contributed by atoms with Crippen molar-refractivity contribution in [3.8, 4) is 5.75 Å². The molecule has 1 atom stereocenters. The fraction of sp³-hybridized carbons (Fsp3) is 0.316. The van der Waals surface area contributed by atoms with Crippen LogP contribution in [-0.2, 0) is 17.6 Å². The number of nitrogens with two attached hydrogens (primary N) is 1. The smallest absolute Gasteiger partial charge is 0.260 e. The molecule has 3 aromatic rings. The molecule has 5 rings (SSSR count). The van der Waals surface area contributed by atoms with E-state index >= 15 is 0 Å². The topological polar surface area (TPSA) is 81.3 Å². The van der Waals surface area contributed by atoms with Crippen LogP contribution in [0.25, 0.3) is 10.2 Å². The Morgan fingerprint density at radius 2 is 2.08 bits per heavy atom. The summed E-state index contributed by atoms with van der Waals surface area (Å²) in [5, 5.41) is 1.12. The van der Waals surface area contributed by atoms with Crippen LogP contribution in [0.4, 0.5) is 11.5 Å². The molecule has 2 aromatic heterocycles. The third-order valence-corrected chi connectivity index (χ3v) is 6.28. The first-order chi connectivity index (χ1) is 12.7. The van der Waals surface area contributed by atoms with E-state index in [1.54, 1.807) is 17.7 Å². The van der Waals surface area contributed by atoms with E-state index in [1.807, 2.05) is 24.3 Å². The Morgan fingerprint density at radius 3 is 2.96 bits per heavy atom. The van der Waals surface area contributed by atoms with Crippen LogP contribution < -0.4 is 15.4 Å². The van der Waals surface area contributed by atoms with Crippen molar-refractivity contribution in [3.63, 3.8) is 0 Å². The van der Waals surface area contributed by atoms with Crippen molar-refractivity contribution >= 4 is 39.0 Å². The van der Waals surface area contributed by atoms with Gasteiger partial charge < -0.3 is 15.4 Å². The van der Waals surface area contributed by atoms with Gasteiger partial charge in [-0.15, -0.1) is 11.3 Å². The Hall–Kier alpha value is -2.67. The second-order valence-corrected chi connectivity index (χ2v) is 7.76.